The van der Waals surface area contributed by atoms with Gasteiger partial charge in [0.05, 0.1) is 34.8 Å². The Labute approximate surface area is 211 Å². The minimum absolute atomic E-state index is 0.0176. The van der Waals surface area contributed by atoms with Crippen molar-refractivity contribution in [1.29, 1.82) is 5.26 Å². The highest BCUT2D eigenvalue weighted by molar-refractivity contribution is 5.68. The fourth-order valence-corrected chi connectivity index (χ4v) is 6.36. The van der Waals surface area contributed by atoms with Crippen molar-refractivity contribution in [2.45, 2.75) is 38.2 Å². The van der Waals surface area contributed by atoms with E-state index >= 15 is 0 Å². The molecule has 0 saturated heterocycles. The lowest BCUT2D eigenvalue weighted by molar-refractivity contribution is 0.0664. The SMILES string of the molecule is C[C@H]1C(O)C(C#N)=C[C@@]2(C)c3c(c(-c4ccncc4)nn3-c3ccc(-c4ccccc4)cc3)CC[C@H]12. The van der Waals surface area contributed by atoms with Crippen LogP contribution < -0.4 is 0 Å². The fraction of sp³-hybridized carbons (Fsp3) is 0.258. The van der Waals surface area contributed by atoms with Crippen molar-refractivity contribution >= 4 is 0 Å². The summed E-state index contributed by atoms with van der Waals surface area (Å²) in [5.41, 5.74) is 7.67. The van der Waals surface area contributed by atoms with Crippen LogP contribution in [0.3, 0.4) is 0 Å². The van der Waals surface area contributed by atoms with Crippen LogP contribution in [-0.2, 0) is 11.8 Å². The zero-order valence-corrected chi connectivity index (χ0v) is 20.5. The van der Waals surface area contributed by atoms with E-state index in [1.54, 1.807) is 12.4 Å². The molecule has 0 aliphatic heterocycles. The summed E-state index contributed by atoms with van der Waals surface area (Å²) in [6, 6.07) is 25.1. The number of pyridine rings is 1. The summed E-state index contributed by atoms with van der Waals surface area (Å²) in [5.74, 6) is 0.192. The van der Waals surface area contributed by atoms with Gasteiger partial charge in [-0.1, -0.05) is 62.4 Å². The van der Waals surface area contributed by atoms with Gasteiger partial charge in [-0.05, 0) is 60.1 Å². The van der Waals surface area contributed by atoms with Gasteiger partial charge in [-0.25, -0.2) is 4.68 Å². The molecular formula is C31H28N4O. The molecular weight excluding hydrogens is 444 g/mol. The number of aliphatic hydroxyl groups excluding tert-OH is 1. The van der Waals surface area contributed by atoms with Crippen molar-refractivity contribution in [3.8, 4) is 34.1 Å². The first-order valence-corrected chi connectivity index (χ1v) is 12.5. The Kier molecular flexibility index (Phi) is 5.35. The van der Waals surface area contributed by atoms with E-state index in [4.69, 9.17) is 5.10 Å². The second-order valence-electron chi connectivity index (χ2n) is 10.2. The van der Waals surface area contributed by atoms with Crippen LogP contribution in [-0.4, -0.2) is 26.0 Å². The predicted molar refractivity (Wildman–Crippen MR) is 140 cm³/mol. The number of nitriles is 1. The smallest absolute Gasteiger partial charge is 0.0971 e. The molecule has 5 nitrogen and oxygen atoms in total. The number of aromatic nitrogens is 3. The van der Waals surface area contributed by atoms with Crippen LogP contribution in [0.25, 0.3) is 28.1 Å². The van der Waals surface area contributed by atoms with E-state index in [-0.39, 0.29) is 11.8 Å². The number of nitrogens with zero attached hydrogens (tertiary/aromatic N) is 4. The van der Waals surface area contributed by atoms with Gasteiger partial charge in [-0.3, -0.25) is 4.98 Å². The predicted octanol–water partition coefficient (Wildman–Crippen LogP) is 5.88. The number of allylic oxidation sites excluding steroid dienone is 1. The molecule has 6 rings (SSSR count). The second-order valence-corrected chi connectivity index (χ2v) is 10.2. The number of aliphatic hydroxyl groups is 1. The van der Waals surface area contributed by atoms with Crippen LogP contribution in [0.5, 0.6) is 0 Å². The lowest BCUT2D eigenvalue weighted by Gasteiger charge is -2.47. The molecule has 0 fully saturated rings. The standard InChI is InChI=1S/C31H28N4O/c1-20-27-13-12-26-28(23-14-16-33-17-15-23)34-35(30(26)31(27,2)18-24(19-32)29(20)36)25-10-8-22(9-11-25)21-6-4-3-5-7-21/h3-11,14-18,20,27,29,36H,12-13H2,1-2H3/t20-,27-,29?,31-/m1/s1. The van der Waals surface area contributed by atoms with Crippen molar-refractivity contribution in [1.82, 2.24) is 14.8 Å². The van der Waals surface area contributed by atoms with Gasteiger partial charge in [0.2, 0.25) is 0 Å². The molecule has 36 heavy (non-hydrogen) atoms. The minimum Gasteiger partial charge on any atom is -0.387 e. The number of benzene rings is 2. The third-order valence-corrected chi connectivity index (χ3v) is 8.18. The Morgan fingerprint density at radius 3 is 2.36 bits per heavy atom. The molecule has 1 unspecified atom stereocenters. The zero-order chi connectivity index (χ0) is 24.9. The van der Waals surface area contributed by atoms with Gasteiger partial charge >= 0.3 is 0 Å². The molecule has 0 spiro atoms. The lowest BCUT2D eigenvalue weighted by Crippen LogP contribution is -2.47. The van der Waals surface area contributed by atoms with Gasteiger partial charge in [0.1, 0.15) is 0 Å². The fourth-order valence-electron chi connectivity index (χ4n) is 6.36. The van der Waals surface area contributed by atoms with Gasteiger partial charge in [0.15, 0.2) is 0 Å². The summed E-state index contributed by atoms with van der Waals surface area (Å²) < 4.78 is 2.07. The van der Waals surface area contributed by atoms with E-state index in [0.717, 1.165) is 41.0 Å². The first kappa shape index (κ1) is 22.5. The molecule has 2 aliphatic rings. The number of hydrogen-bond donors (Lipinski definition) is 1. The molecule has 2 aromatic heterocycles. The van der Waals surface area contributed by atoms with Crippen LogP contribution in [0.15, 0.2) is 90.8 Å². The Morgan fingerprint density at radius 1 is 0.972 bits per heavy atom. The molecule has 178 valence electrons. The normalized spacial score (nSPS) is 24.8. The summed E-state index contributed by atoms with van der Waals surface area (Å²) in [6.07, 6.45) is 6.70. The molecule has 0 radical (unpaired) electrons. The van der Waals surface area contributed by atoms with Crippen molar-refractivity contribution in [3.05, 3.63) is 102 Å². The Morgan fingerprint density at radius 2 is 1.67 bits per heavy atom. The average Bonchev–Trinajstić information content (AvgIpc) is 3.33. The van der Waals surface area contributed by atoms with Gasteiger partial charge in [0.25, 0.3) is 0 Å². The molecule has 2 aromatic carbocycles. The summed E-state index contributed by atoms with van der Waals surface area (Å²) in [4.78, 5) is 4.20. The molecule has 2 aliphatic carbocycles. The molecule has 0 bridgehead atoms. The summed E-state index contributed by atoms with van der Waals surface area (Å²) >= 11 is 0. The van der Waals surface area contributed by atoms with Crippen molar-refractivity contribution in [3.63, 3.8) is 0 Å². The van der Waals surface area contributed by atoms with Crippen LogP contribution >= 0.6 is 0 Å². The van der Waals surface area contributed by atoms with Gasteiger partial charge in [-0.2, -0.15) is 10.4 Å². The first-order valence-electron chi connectivity index (χ1n) is 12.5. The summed E-state index contributed by atoms with van der Waals surface area (Å²) in [6.45, 7) is 4.28. The average molecular weight is 473 g/mol. The largest absolute Gasteiger partial charge is 0.387 e. The van der Waals surface area contributed by atoms with Gasteiger partial charge in [-0.15, -0.1) is 0 Å². The summed E-state index contributed by atoms with van der Waals surface area (Å²) in [7, 11) is 0. The van der Waals surface area contributed by atoms with Gasteiger partial charge < -0.3 is 5.11 Å². The number of rotatable bonds is 3. The third-order valence-electron chi connectivity index (χ3n) is 8.18. The zero-order valence-electron chi connectivity index (χ0n) is 20.5. The molecule has 2 heterocycles. The van der Waals surface area contributed by atoms with Gasteiger partial charge in [0, 0.05) is 28.9 Å². The van der Waals surface area contributed by atoms with E-state index in [1.807, 2.05) is 36.4 Å². The van der Waals surface area contributed by atoms with Crippen molar-refractivity contribution in [2.75, 3.05) is 0 Å². The van der Waals surface area contributed by atoms with Crippen LogP contribution in [0.4, 0.5) is 0 Å². The Hall–Kier alpha value is -4.01. The van der Waals surface area contributed by atoms with Crippen molar-refractivity contribution in [2.24, 2.45) is 11.8 Å². The highest BCUT2D eigenvalue weighted by Gasteiger charge is 2.50. The van der Waals surface area contributed by atoms with E-state index in [9.17, 15) is 10.4 Å². The molecule has 0 amide bonds. The number of fused-ring (bicyclic) bond motifs is 3. The number of hydrogen-bond acceptors (Lipinski definition) is 4. The highest BCUT2D eigenvalue weighted by Crippen LogP contribution is 2.52. The van der Waals surface area contributed by atoms with E-state index in [1.165, 1.54) is 11.1 Å². The Balaban J connectivity index is 1.57. The van der Waals surface area contributed by atoms with E-state index in [2.05, 4.69) is 66.0 Å². The highest BCUT2D eigenvalue weighted by atomic mass is 16.3. The molecule has 1 N–H and O–H groups in total. The quantitative estimate of drug-likeness (QED) is 0.404. The maximum atomic E-state index is 10.8. The maximum Gasteiger partial charge on any atom is 0.0971 e. The summed E-state index contributed by atoms with van der Waals surface area (Å²) in [5, 5.41) is 25.8. The monoisotopic (exact) mass is 472 g/mol. The molecule has 4 atom stereocenters. The van der Waals surface area contributed by atoms with E-state index < -0.39 is 11.5 Å². The third kappa shape index (κ3) is 3.41. The Bertz CT molecular complexity index is 1480. The van der Waals surface area contributed by atoms with Crippen molar-refractivity contribution < 1.29 is 5.11 Å². The topological polar surface area (TPSA) is 74.7 Å². The molecule has 0 saturated carbocycles. The lowest BCUT2D eigenvalue weighted by atomic mass is 9.57. The molecule has 4 aromatic rings. The minimum atomic E-state index is -0.726. The van der Waals surface area contributed by atoms with Crippen LogP contribution in [0.2, 0.25) is 0 Å². The van der Waals surface area contributed by atoms with Crippen LogP contribution in [0, 0.1) is 23.2 Å². The maximum absolute atomic E-state index is 10.8. The van der Waals surface area contributed by atoms with Crippen LogP contribution in [0.1, 0.15) is 31.5 Å². The van der Waals surface area contributed by atoms with E-state index in [0.29, 0.717) is 5.57 Å². The molecule has 5 heteroatoms. The first-order chi connectivity index (χ1) is 17.5. The second kappa shape index (κ2) is 8.58.